The van der Waals surface area contributed by atoms with Gasteiger partial charge < -0.3 is 9.47 Å². The molecule has 7 heteroatoms. The summed E-state index contributed by atoms with van der Waals surface area (Å²) in [6.07, 6.45) is 2.01. The Morgan fingerprint density at radius 3 is 2.86 bits per heavy atom. The van der Waals surface area contributed by atoms with Crippen LogP contribution in [0.2, 0.25) is 0 Å². The van der Waals surface area contributed by atoms with Crippen LogP contribution in [0, 0.1) is 0 Å². The zero-order valence-corrected chi connectivity index (χ0v) is 13.6. The molecule has 1 aromatic heterocycles. The van der Waals surface area contributed by atoms with Gasteiger partial charge in [-0.15, -0.1) is 11.3 Å². The average Bonchev–Trinajstić information content (AvgIpc) is 2.94. The smallest absolute Gasteiger partial charge is 0.261 e. The summed E-state index contributed by atoms with van der Waals surface area (Å²) in [4.78, 5) is 16.6. The van der Waals surface area contributed by atoms with E-state index in [9.17, 15) is 4.79 Å². The van der Waals surface area contributed by atoms with E-state index in [0.717, 1.165) is 11.4 Å². The van der Waals surface area contributed by atoms with Crippen molar-refractivity contribution in [2.24, 2.45) is 0 Å². The van der Waals surface area contributed by atoms with Gasteiger partial charge in [0.15, 0.2) is 5.13 Å². The summed E-state index contributed by atoms with van der Waals surface area (Å²) in [5, 5.41) is 5.31. The van der Waals surface area contributed by atoms with Crippen molar-refractivity contribution in [3.05, 3.63) is 34.8 Å². The Bertz CT molecular complexity index is 628. The molecule has 0 spiro atoms. The number of ether oxygens (including phenoxy) is 2. The zero-order chi connectivity index (χ0) is 15.2. The number of methoxy groups -OCH3 is 2. The van der Waals surface area contributed by atoms with Crippen molar-refractivity contribution in [2.45, 2.75) is 5.75 Å². The third kappa shape index (κ3) is 3.89. The molecule has 21 heavy (non-hydrogen) atoms. The van der Waals surface area contributed by atoms with E-state index in [2.05, 4.69) is 10.3 Å². The van der Waals surface area contributed by atoms with Crippen LogP contribution in [0.3, 0.4) is 0 Å². The fraction of sp³-hybridized carbons (Fsp3) is 0.286. The maximum Gasteiger partial charge on any atom is 0.261 e. The van der Waals surface area contributed by atoms with E-state index < -0.39 is 0 Å². The fourth-order valence-corrected chi connectivity index (χ4v) is 2.98. The van der Waals surface area contributed by atoms with E-state index in [0.29, 0.717) is 22.2 Å². The predicted molar refractivity (Wildman–Crippen MR) is 86.8 cm³/mol. The zero-order valence-electron chi connectivity index (χ0n) is 12.0. The molecule has 1 aromatic carbocycles. The van der Waals surface area contributed by atoms with Gasteiger partial charge in [0.25, 0.3) is 5.91 Å². The number of thioether (sulfide) groups is 1. The second-order valence-electron chi connectivity index (χ2n) is 4.10. The van der Waals surface area contributed by atoms with E-state index >= 15 is 0 Å². The lowest BCUT2D eigenvalue weighted by atomic mass is 10.2. The summed E-state index contributed by atoms with van der Waals surface area (Å²) in [6, 6.07) is 5.07. The van der Waals surface area contributed by atoms with Crippen molar-refractivity contribution in [1.29, 1.82) is 0 Å². The molecule has 0 bridgehead atoms. The van der Waals surface area contributed by atoms with Gasteiger partial charge in [-0.3, -0.25) is 10.1 Å². The number of nitrogens with one attached hydrogen (secondary N) is 1. The lowest BCUT2D eigenvalue weighted by molar-refractivity contribution is 0.102. The normalized spacial score (nSPS) is 10.2. The molecule has 0 radical (unpaired) electrons. The summed E-state index contributed by atoms with van der Waals surface area (Å²) < 4.78 is 10.3. The van der Waals surface area contributed by atoms with Crippen LogP contribution in [-0.4, -0.2) is 31.4 Å². The number of aromatic nitrogens is 1. The molecule has 0 aliphatic rings. The van der Waals surface area contributed by atoms with Crippen molar-refractivity contribution < 1.29 is 14.3 Å². The predicted octanol–water partition coefficient (Wildman–Crippen LogP) is 3.28. The van der Waals surface area contributed by atoms with Crippen LogP contribution in [0.1, 0.15) is 16.1 Å². The topological polar surface area (TPSA) is 60.5 Å². The molecule has 2 rings (SSSR count). The largest absolute Gasteiger partial charge is 0.497 e. The van der Waals surface area contributed by atoms with Crippen LogP contribution < -0.4 is 14.8 Å². The van der Waals surface area contributed by atoms with Gasteiger partial charge in [0.05, 0.1) is 25.5 Å². The molecule has 1 N–H and O–H groups in total. The molecular weight excluding hydrogens is 308 g/mol. The van der Waals surface area contributed by atoms with E-state index in [4.69, 9.17) is 9.47 Å². The molecule has 112 valence electrons. The van der Waals surface area contributed by atoms with Gasteiger partial charge in [-0.2, -0.15) is 11.8 Å². The van der Waals surface area contributed by atoms with Crippen molar-refractivity contribution in [3.8, 4) is 11.5 Å². The van der Waals surface area contributed by atoms with E-state index in [-0.39, 0.29) is 5.91 Å². The summed E-state index contributed by atoms with van der Waals surface area (Å²) in [5.41, 5.74) is 1.41. The molecule has 0 saturated heterocycles. The summed E-state index contributed by atoms with van der Waals surface area (Å²) >= 11 is 3.10. The first-order chi connectivity index (χ1) is 10.2. The second kappa shape index (κ2) is 7.33. The summed E-state index contributed by atoms with van der Waals surface area (Å²) in [7, 11) is 3.09. The van der Waals surface area contributed by atoms with Crippen molar-refractivity contribution in [3.63, 3.8) is 0 Å². The van der Waals surface area contributed by atoms with Gasteiger partial charge in [-0.05, 0) is 18.4 Å². The van der Waals surface area contributed by atoms with Gasteiger partial charge >= 0.3 is 0 Å². The third-order valence-electron chi connectivity index (χ3n) is 2.72. The first-order valence-corrected chi connectivity index (χ1v) is 8.42. The average molecular weight is 324 g/mol. The number of amides is 1. The molecule has 5 nitrogen and oxygen atoms in total. The first-order valence-electron chi connectivity index (χ1n) is 6.14. The molecule has 0 saturated carbocycles. The Hall–Kier alpha value is -1.73. The number of thiazole rings is 1. The molecule has 0 fully saturated rings. The van der Waals surface area contributed by atoms with Crippen LogP contribution >= 0.6 is 23.1 Å². The highest BCUT2D eigenvalue weighted by molar-refractivity contribution is 7.97. The lowest BCUT2D eigenvalue weighted by Gasteiger charge is -2.09. The maximum absolute atomic E-state index is 12.3. The monoisotopic (exact) mass is 324 g/mol. The quantitative estimate of drug-likeness (QED) is 0.883. The third-order valence-corrected chi connectivity index (χ3v) is 4.11. The number of carbonyl (C=O) groups excluding carboxylic acids is 1. The Morgan fingerprint density at radius 1 is 1.38 bits per heavy atom. The standard InChI is InChI=1S/C14H16N2O3S2/c1-18-10-4-5-11(12(6-10)19-2)13(17)16-14-15-9(7-20-3)8-21-14/h4-6,8H,7H2,1-3H3,(H,15,16,17). The molecule has 0 atom stereocenters. The van der Waals surface area contributed by atoms with Crippen molar-refractivity contribution in [1.82, 2.24) is 4.98 Å². The summed E-state index contributed by atoms with van der Waals surface area (Å²) in [5.74, 6) is 1.69. The molecule has 2 aromatic rings. The van der Waals surface area contributed by atoms with Crippen molar-refractivity contribution >= 4 is 34.1 Å². The minimum absolute atomic E-state index is 0.250. The molecule has 0 aliphatic carbocycles. The van der Waals surface area contributed by atoms with Crippen LogP contribution in [0.25, 0.3) is 0 Å². The van der Waals surface area contributed by atoms with Crippen LogP contribution in [-0.2, 0) is 5.75 Å². The second-order valence-corrected chi connectivity index (χ2v) is 5.82. The van der Waals surface area contributed by atoms with Crippen LogP contribution in [0.4, 0.5) is 5.13 Å². The van der Waals surface area contributed by atoms with Crippen LogP contribution in [0.5, 0.6) is 11.5 Å². The molecule has 1 amide bonds. The van der Waals surface area contributed by atoms with E-state index in [1.807, 2.05) is 11.6 Å². The Kier molecular flexibility index (Phi) is 5.46. The highest BCUT2D eigenvalue weighted by atomic mass is 32.2. The number of anilines is 1. The van der Waals surface area contributed by atoms with Gasteiger partial charge in [-0.1, -0.05) is 0 Å². The Morgan fingerprint density at radius 2 is 2.19 bits per heavy atom. The number of benzene rings is 1. The molecule has 1 heterocycles. The Balaban J connectivity index is 2.15. The molecule has 0 aliphatic heterocycles. The van der Waals surface area contributed by atoms with Crippen molar-refractivity contribution in [2.75, 3.05) is 25.8 Å². The fourth-order valence-electron chi connectivity index (χ4n) is 1.73. The number of hydrogen-bond donors (Lipinski definition) is 1. The highest BCUT2D eigenvalue weighted by Crippen LogP contribution is 2.26. The number of carbonyl (C=O) groups is 1. The minimum atomic E-state index is -0.250. The first kappa shape index (κ1) is 15.7. The van der Waals surface area contributed by atoms with E-state index in [1.54, 1.807) is 37.1 Å². The molecule has 0 unspecified atom stereocenters. The highest BCUT2D eigenvalue weighted by Gasteiger charge is 2.15. The maximum atomic E-state index is 12.3. The SMILES string of the molecule is COc1ccc(C(=O)Nc2nc(CSC)cs2)c(OC)c1. The van der Waals surface area contributed by atoms with Gasteiger partial charge in [-0.25, -0.2) is 4.98 Å². The van der Waals surface area contributed by atoms with Gasteiger partial charge in [0.1, 0.15) is 11.5 Å². The van der Waals surface area contributed by atoms with Gasteiger partial charge in [0, 0.05) is 17.2 Å². The number of hydrogen-bond acceptors (Lipinski definition) is 6. The lowest BCUT2D eigenvalue weighted by Crippen LogP contribution is -2.13. The van der Waals surface area contributed by atoms with Crippen LogP contribution in [0.15, 0.2) is 23.6 Å². The van der Waals surface area contributed by atoms with Gasteiger partial charge in [0.2, 0.25) is 0 Å². The Labute approximate surface area is 131 Å². The minimum Gasteiger partial charge on any atom is -0.497 e. The number of nitrogens with zero attached hydrogens (tertiary/aromatic N) is 1. The molecular formula is C14H16N2O3S2. The van der Waals surface area contributed by atoms with E-state index in [1.165, 1.54) is 18.4 Å². The summed E-state index contributed by atoms with van der Waals surface area (Å²) in [6.45, 7) is 0. The number of rotatable bonds is 6.